The molecule has 2 aromatic rings. The number of rotatable bonds is 9. The fourth-order valence-electron chi connectivity index (χ4n) is 2.63. The Labute approximate surface area is 138 Å². The van der Waals surface area contributed by atoms with E-state index in [2.05, 4.69) is 48.5 Å². The van der Waals surface area contributed by atoms with Crippen molar-refractivity contribution in [3.8, 4) is 0 Å². The number of aliphatic carboxylic acids is 1. The molecule has 0 unspecified atom stereocenters. The summed E-state index contributed by atoms with van der Waals surface area (Å²) in [7, 11) is 0. The fraction of sp³-hybridized carbons (Fsp3) is 0.350. The fourth-order valence-corrected chi connectivity index (χ4v) is 2.63. The minimum Gasteiger partial charge on any atom is -0.481 e. The third-order valence-electron chi connectivity index (χ3n) is 4.05. The van der Waals surface area contributed by atoms with Crippen molar-refractivity contribution in [3.05, 3.63) is 70.8 Å². The molecule has 3 nitrogen and oxygen atoms in total. The van der Waals surface area contributed by atoms with Gasteiger partial charge in [-0.2, -0.15) is 0 Å². The second kappa shape index (κ2) is 9.11. The quantitative estimate of drug-likeness (QED) is 0.690. The molecule has 0 fully saturated rings. The van der Waals surface area contributed by atoms with Crippen LogP contribution in [-0.4, -0.2) is 11.1 Å². The normalized spacial score (nSPS) is 10.7. The Morgan fingerprint density at radius 3 is 1.83 bits per heavy atom. The third kappa shape index (κ3) is 6.25. The molecular formula is C20H25NO2. The van der Waals surface area contributed by atoms with Crippen molar-refractivity contribution in [3.63, 3.8) is 0 Å². The number of nitrogens with two attached hydrogens (primary N) is 1. The van der Waals surface area contributed by atoms with Crippen LogP contribution in [0.2, 0.25) is 0 Å². The first kappa shape index (κ1) is 17.2. The van der Waals surface area contributed by atoms with Crippen molar-refractivity contribution < 1.29 is 9.90 Å². The molecule has 2 rings (SSSR count). The van der Waals surface area contributed by atoms with E-state index in [9.17, 15) is 4.79 Å². The van der Waals surface area contributed by atoms with Crippen molar-refractivity contribution in [2.45, 2.75) is 45.1 Å². The van der Waals surface area contributed by atoms with Crippen LogP contribution in [0.15, 0.2) is 48.5 Å². The largest absolute Gasteiger partial charge is 0.481 e. The van der Waals surface area contributed by atoms with Gasteiger partial charge in [-0.25, -0.2) is 0 Å². The predicted molar refractivity (Wildman–Crippen MR) is 93.4 cm³/mol. The lowest BCUT2D eigenvalue weighted by Crippen LogP contribution is -1.96. The predicted octanol–water partition coefficient (Wildman–Crippen LogP) is 3.92. The lowest BCUT2D eigenvalue weighted by molar-refractivity contribution is -0.137. The summed E-state index contributed by atoms with van der Waals surface area (Å²) < 4.78 is 0. The molecule has 0 heterocycles. The van der Waals surface area contributed by atoms with Gasteiger partial charge < -0.3 is 10.8 Å². The highest BCUT2D eigenvalue weighted by molar-refractivity contribution is 5.66. The van der Waals surface area contributed by atoms with E-state index >= 15 is 0 Å². The van der Waals surface area contributed by atoms with Gasteiger partial charge in [-0.15, -0.1) is 0 Å². The monoisotopic (exact) mass is 311 g/mol. The molecule has 0 saturated carbocycles. The average molecular weight is 311 g/mol. The van der Waals surface area contributed by atoms with E-state index in [1.54, 1.807) is 0 Å². The maximum absolute atomic E-state index is 10.4. The molecule has 0 aromatic heterocycles. The number of unbranched alkanes of at least 4 members (excludes halogenated alkanes) is 2. The Bertz CT molecular complexity index is 603. The number of benzene rings is 2. The number of carboxylic acid groups (broad SMARTS) is 1. The van der Waals surface area contributed by atoms with Gasteiger partial charge in [0.15, 0.2) is 0 Å². The van der Waals surface area contributed by atoms with Gasteiger partial charge in [-0.1, -0.05) is 55.0 Å². The van der Waals surface area contributed by atoms with Crippen molar-refractivity contribution in [2.24, 2.45) is 5.73 Å². The van der Waals surface area contributed by atoms with Crippen molar-refractivity contribution >= 4 is 5.97 Å². The summed E-state index contributed by atoms with van der Waals surface area (Å²) in [5.74, 6) is -0.700. The van der Waals surface area contributed by atoms with Crippen LogP contribution in [-0.2, 0) is 24.2 Å². The van der Waals surface area contributed by atoms with Gasteiger partial charge in [0, 0.05) is 13.0 Å². The van der Waals surface area contributed by atoms with Gasteiger partial charge in [0.05, 0.1) is 0 Å². The average Bonchev–Trinajstić information content (AvgIpc) is 2.56. The zero-order chi connectivity index (χ0) is 16.5. The Kier molecular flexibility index (Phi) is 6.82. The third-order valence-corrected chi connectivity index (χ3v) is 4.05. The molecule has 0 bridgehead atoms. The topological polar surface area (TPSA) is 63.3 Å². The number of hydrogen-bond donors (Lipinski definition) is 2. The number of carbonyl (C=O) groups is 1. The first-order valence-electron chi connectivity index (χ1n) is 8.25. The molecule has 0 spiro atoms. The highest BCUT2D eigenvalue weighted by Gasteiger charge is 2.00. The standard InChI is InChI=1S/C20H25NO2/c21-15-19-12-10-18(11-13-19)14-17-8-6-16(7-9-17)4-2-1-3-5-20(22)23/h6-13H,1-5,14-15,21H2,(H,22,23). The zero-order valence-electron chi connectivity index (χ0n) is 13.5. The smallest absolute Gasteiger partial charge is 0.303 e. The molecule has 0 saturated heterocycles. The van der Waals surface area contributed by atoms with E-state index in [-0.39, 0.29) is 6.42 Å². The Balaban J connectivity index is 1.78. The van der Waals surface area contributed by atoms with Gasteiger partial charge >= 0.3 is 5.97 Å². The molecule has 0 aliphatic heterocycles. The summed E-state index contributed by atoms with van der Waals surface area (Å²) in [6.07, 6.45) is 5.03. The van der Waals surface area contributed by atoms with E-state index in [0.29, 0.717) is 6.54 Å². The van der Waals surface area contributed by atoms with Gasteiger partial charge in [-0.05, 0) is 47.9 Å². The molecule has 0 atom stereocenters. The molecule has 0 radical (unpaired) electrons. The number of carboxylic acids is 1. The molecule has 2 aromatic carbocycles. The van der Waals surface area contributed by atoms with Crippen LogP contribution in [0, 0.1) is 0 Å². The molecule has 0 amide bonds. The van der Waals surface area contributed by atoms with E-state index in [4.69, 9.17) is 10.8 Å². The summed E-state index contributed by atoms with van der Waals surface area (Å²) in [6, 6.07) is 17.2. The van der Waals surface area contributed by atoms with Crippen LogP contribution >= 0.6 is 0 Å². The maximum Gasteiger partial charge on any atom is 0.303 e. The van der Waals surface area contributed by atoms with E-state index in [1.807, 2.05) is 0 Å². The van der Waals surface area contributed by atoms with Crippen LogP contribution in [0.4, 0.5) is 0 Å². The van der Waals surface area contributed by atoms with Crippen LogP contribution in [0.5, 0.6) is 0 Å². The van der Waals surface area contributed by atoms with Crippen molar-refractivity contribution in [1.29, 1.82) is 0 Å². The molecule has 3 heteroatoms. The molecular weight excluding hydrogens is 286 g/mol. The highest BCUT2D eigenvalue weighted by atomic mass is 16.4. The second-order valence-corrected chi connectivity index (χ2v) is 5.97. The summed E-state index contributed by atoms with van der Waals surface area (Å²) in [5, 5.41) is 8.60. The first-order chi connectivity index (χ1) is 11.2. The molecule has 23 heavy (non-hydrogen) atoms. The van der Waals surface area contributed by atoms with Crippen LogP contribution in [0.25, 0.3) is 0 Å². The Hall–Kier alpha value is -2.13. The molecule has 122 valence electrons. The van der Waals surface area contributed by atoms with Gasteiger partial charge in [0.2, 0.25) is 0 Å². The van der Waals surface area contributed by atoms with E-state index < -0.39 is 5.97 Å². The Morgan fingerprint density at radius 1 is 0.783 bits per heavy atom. The van der Waals surface area contributed by atoms with Crippen molar-refractivity contribution in [2.75, 3.05) is 0 Å². The molecule has 0 aliphatic carbocycles. The highest BCUT2D eigenvalue weighted by Crippen LogP contribution is 2.14. The van der Waals surface area contributed by atoms with Gasteiger partial charge in [-0.3, -0.25) is 4.79 Å². The minimum atomic E-state index is -0.700. The SMILES string of the molecule is NCc1ccc(Cc2ccc(CCCCCC(=O)O)cc2)cc1. The number of aryl methyl sites for hydroxylation is 1. The van der Waals surface area contributed by atoms with E-state index in [0.717, 1.165) is 37.7 Å². The Morgan fingerprint density at radius 2 is 1.30 bits per heavy atom. The van der Waals surface area contributed by atoms with Gasteiger partial charge in [0.1, 0.15) is 0 Å². The summed E-state index contributed by atoms with van der Waals surface area (Å²) in [6.45, 7) is 0.585. The lowest BCUT2D eigenvalue weighted by atomic mass is 10.0. The van der Waals surface area contributed by atoms with Gasteiger partial charge in [0.25, 0.3) is 0 Å². The van der Waals surface area contributed by atoms with Crippen LogP contribution in [0.1, 0.15) is 47.9 Å². The second-order valence-electron chi connectivity index (χ2n) is 5.97. The van der Waals surface area contributed by atoms with Crippen LogP contribution < -0.4 is 5.73 Å². The van der Waals surface area contributed by atoms with Crippen LogP contribution in [0.3, 0.4) is 0 Å². The minimum absolute atomic E-state index is 0.280. The maximum atomic E-state index is 10.4. The van der Waals surface area contributed by atoms with Crippen molar-refractivity contribution in [1.82, 2.24) is 0 Å². The lowest BCUT2D eigenvalue weighted by Gasteiger charge is -2.06. The summed E-state index contributed by atoms with van der Waals surface area (Å²) >= 11 is 0. The summed E-state index contributed by atoms with van der Waals surface area (Å²) in [5.41, 5.74) is 10.7. The summed E-state index contributed by atoms with van der Waals surface area (Å²) in [4.78, 5) is 10.4. The first-order valence-corrected chi connectivity index (χ1v) is 8.25. The van der Waals surface area contributed by atoms with E-state index in [1.165, 1.54) is 16.7 Å². The zero-order valence-corrected chi connectivity index (χ0v) is 13.5. The molecule has 0 aliphatic rings. The number of hydrogen-bond acceptors (Lipinski definition) is 2. The molecule has 3 N–H and O–H groups in total.